The highest BCUT2D eigenvalue weighted by atomic mass is 16.6. The number of nitrogen functional groups attached to an aromatic ring is 1. The Labute approximate surface area is 154 Å². The Morgan fingerprint density at radius 1 is 1.31 bits per heavy atom. The Balaban J connectivity index is 1.81. The van der Waals surface area contributed by atoms with Gasteiger partial charge < -0.3 is 25.3 Å². The Morgan fingerprint density at radius 2 is 2.08 bits per heavy atom. The van der Waals surface area contributed by atoms with Crippen molar-refractivity contribution in [3.63, 3.8) is 0 Å². The van der Waals surface area contributed by atoms with Crippen LogP contribution in [0.2, 0.25) is 0 Å². The van der Waals surface area contributed by atoms with Gasteiger partial charge >= 0.3 is 5.97 Å². The van der Waals surface area contributed by atoms with Crippen LogP contribution in [0, 0.1) is 5.92 Å². The zero-order valence-corrected chi connectivity index (χ0v) is 15.6. The molecule has 7 heteroatoms. The predicted octanol–water partition coefficient (Wildman–Crippen LogP) is 1.65. The molecule has 3 atom stereocenters. The van der Waals surface area contributed by atoms with E-state index in [0.717, 1.165) is 12.0 Å². The first-order valence-corrected chi connectivity index (χ1v) is 8.95. The van der Waals surface area contributed by atoms with Gasteiger partial charge in [0.15, 0.2) is 12.2 Å². The molecule has 0 spiro atoms. The monoisotopic (exact) mass is 364 g/mol. The molecular formula is C19H28N2O5. The van der Waals surface area contributed by atoms with Crippen LogP contribution in [0.1, 0.15) is 32.8 Å². The Bertz CT molecular complexity index is 620. The Hall–Kier alpha value is -2.12. The smallest absolute Gasteiger partial charge is 0.338 e. The van der Waals surface area contributed by atoms with Gasteiger partial charge in [-0.15, -0.1) is 0 Å². The van der Waals surface area contributed by atoms with E-state index in [9.17, 15) is 9.59 Å². The molecule has 1 saturated heterocycles. The number of esters is 1. The summed E-state index contributed by atoms with van der Waals surface area (Å²) in [5.74, 6) is -0.413. The lowest BCUT2D eigenvalue weighted by atomic mass is 10.0. The number of ether oxygens (including phenoxy) is 3. The maximum absolute atomic E-state index is 12.3. The highest BCUT2D eigenvalue weighted by Crippen LogP contribution is 2.24. The molecule has 144 valence electrons. The normalized spacial score (nSPS) is 19.8. The largest absolute Gasteiger partial charge is 0.464 e. The highest BCUT2D eigenvalue weighted by Gasteiger charge is 2.51. The lowest BCUT2D eigenvalue weighted by Crippen LogP contribution is -2.42. The van der Waals surface area contributed by atoms with E-state index in [1.165, 1.54) is 0 Å². The molecule has 1 heterocycles. The SMILES string of the molecule is CCOC(=O)[C@H]1O[C@@H]1C(=O)N[C@H](COCc1cccc(N)c1)CC(C)C. The van der Waals surface area contributed by atoms with E-state index in [1.54, 1.807) is 6.92 Å². The zero-order valence-electron chi connectivity index (χ0n) is 15.6. The first kappa shape index (κ1) is 20.2. The van der Waals surface area contributed by atoms with Crippen molar-refractivity contribution in [3.8, 4) is 0 Å². The number of carbonyl (C=O) groups is 2. The number of anilines is 1. The van der Waals surface area contributed by atoms with Crippen molar-refractivity contribution >= 4 is 17.6 Å². The van der Waals surface area contributed by atoms with Crippen LogP contribution in [-0.4, -0.2) is 43.3 Å². The molecule has 0 saturated carbocycles. The zero-order chi connectivity index (χ0) is 19.1. The molecular weight excluding hydrogens is 336 g/mol. The van der Waals surface area contributed by atoms with Crippen molar-refractivity contribution in [3.05, 3.63) is 29.8 Å². The van der Waals surface area contributed by atoms with Crippen LogP contribution in [0.15, 0.2) is 24.3 Å². The van der Waals surface area contributed by atoms with Crippen molar-refractivity contribution in [2.24, 2.45) is 5.92 Å². The van der Waals surface area contributed by atoms with Gasteiger partial charge in [0.1, 0.15) is 0 Å². The molecule has 2 rings (SSSR count). The Morgan fingerprint density at radius 3 is 2.73 bits per heavy atom. The Kier molecular flexibility index (Phi) is 7.41. The number of nitrogens with one attached hydrogen (secondary N) is 1. The van der Waals surface area contributed by atoms with Crippen molar-refractivity contribution in [1.29, 1.82) is 0 Å². The number of epoxide rings is 1. The van der Waals surface area contributed by atoms with Crippen LogP contribution in [0.5, 0.6) is 0 Å². The van der Waals surface area contributed by atoms with Crippen molar-refractivity contribution in [1.82, 2.24) is 5.32 Å². The highest BCUT2D eigenvalue weighted by molar-refractivity contribution is 5.92. The van der Waals surface area contributed by atoms with Crippen LogP contribution in [0.25, 0.3) is 0 Å². The summed E-state index contributed by atoms with van der Waals surface area (Å²) in [6.07, 6.45) is -0.792. The number of hydrogen-bond acceptors (Lipinski definition) is 6. The fourth-order valence-electron chi connectivity index (χ4n) is 2.74. The molecule has 3 N–H and O–H groups in total. The van der Waals surface area contributed by atoms with Gasteiger partial charge in [0.2, 0.25) is 0 Å². The lowest BCUT2D eigenvalue weighted by molar-refractivity contribution is -0.144. The fraction of sp³-hybridized carbons (Fsp3) is 0.579. The van der Waals surface area contributed by atoms with E-state index in [0.29, 0.717) is 24.8 Å². The van der Waals surface area contributed by atoms with Gasteiger partial charge in [0, 0.05) is 5.69 Å². The molecule has 7 nitrogen and oxygen atoms in total. The van der Waals surface area contributed by atoms with Crippen LogP contribution in [0.3, 0.4) is 0 Å². The molecule has 1 amide bonds. The molecule has 1 aliphatic heterocycles. The summed E-state index contributed by atoms with van der Waals surface area (Å²) in [5.41, 5.74) is 7.42. The average molecular weight is 364 g/mol. The first-order chi connectivity index (χ1) is 12.4. The number of hydrogen-bond donors (Lipinski definition) is 2. The number of amides is 1. The summed E-state index contributed by atoms with van der Waals surface area (Å²) < 4.78 is 15.8. The molecule has 0 bridgehead atoms. The minimum absolute atomic E-state index is 0.157. The fourth-order valence-corrected chi connectivity index (χ4v) is 2.74. The minimum Gasteiger partial charge on any atom is -0.464 e. The van der Waals surface area contributed by atoms with Crippen molar-refractivity contribution < 1.29 is 23.8 Å². The van der Waals surface area contributed by atoms with E-state index < -0.39 is 18.2 Å². The summed E-state index contributed by atoms with van der Waals surface area (Å²) >= 11 is 0. The quantitative estimate of drug-likeness (QED) is 0.372. The summed E-state index contributed by atoms with van der Waals surface area (Å²) in [6, 6.07) is 7.34. The second-order valence-electron chi connectivity index (χ2n) is 6.82. The van der Waals surface area contributed by atoms with Gasteiger partial charge in [-0.05, 0) is 37.0 Å². The van der Waals surface area contributed by atoms with Crippen molar-refractivity contribution in [2.45, 2.75) is 52.0 Å². The number of benzene rings is 1. The molecule has 0 radical (unpaired) electrons. The van der Waals surface area contributed by atoms with Gasteiger partial charge in [-0.2, -0.15) is 0 Å². The summed E-state index contributed by atoms with van der Waals surface area (Å²) in [5, 5.41) is 2.91. The van der Waals surface area contributed by atoms with Crippen LogP contribution < -0.4 is 11.1 Å². The molecule has 1 aromatic rings. The van der Waals surface area contributed by atoms with Crippen LogP contribution in [0.4, 0.5) is 5.69 Å². The maximum atomic E-state index is 12.3. The summed E-state index contributed by atoms with van der Waals surface area (Å²) in [4.78, 5) is 23.9. The number of nitrogens with two attached hydrogens (primary N) is 1. The third-order valence-electron chi connectivity index (χ3n) is 3.91. The molecule has 0 aliphatic carbocycles. The predicted molar refractivity (Wildman–Crippen MR) is 97.2 cm³/mol. The first-order valence-electron chi connectivity index (χ1n) is 8.95. The topological polar surface area (TPSA) is 103 Å². The van der Waals surface area contributed by atoms with E-state index in [-0.39, 0.29) is 18.6 Å². The third kappa shape index (κ3) is 6.31. The lowest BCUT2D eigenvalue weighted by Gasteiger charge is -2.20. The molecule has 0 aromatic heterocycles. The molecule has 1 aliphatic rings. The molecule has 1 fully saturated rings. The standard InChI is InChI=1S/C19H28N2O5/c1-4-25-19(23)17-16(26-17)18(22)21-15(8-12(2)3)11-24-10-13-6-5-7-14(20)9-13/h5-7,9,12,15-17H,4,8,10-11,20H2,1-3H3,(H,21,22)/t15-,16-,17-/m0/s1. The van der Waals surface area contributed by atoms with Crippen LogP contribution in [-0.2, 0) is 30.4 Å². The summed E-state index contributed by atoms with van der Waals surface area (Å²) in [6.45, 7) is 6.92. The maximum Gasteiger partial charge on any atom is 0.338 e. The second-order valence-corrected chi connectivity index (χ2v) is 6.82. The van der Waals surface area contributed by atoms with E-state index in [1.807, 2.05) is 24.3 Å². The van der Waals surface area contributed by atoms with E-state index in [4.69, 9.17) is 19.9 Å². The van der Waals surface area contributed by atoms with Crippen LogP contribution >= 0.6 is 0 Å². The van der Waals surface area contributed by atoms with Crippen molar-refractivity contribution in [2.75, 3.05) is 18.9 Å². The van der Waals surface area contributed by atoms with E-state index in [2.05, 4.69) is 19.2 Å². The van der Waals surface area contributed by atoms with Gasteiger partial charge in [0.25, 0.3) is 5.91 Å². The van der Waals surface area contributed by atoms with Gasteiger partial charge in [-0.25, -0.2) is 4.79 Å². The number of carbonyl (C=O) groups excluding carboxylic acids is 2. The third-order valence-corrected chi connectivity index (χ3v) is 3.91. The average Bonchev–Trinajstić information content (AvgIpc) is 3.35. The van der Waals surface area contributed by atoms with Gasteiger partial charge in [-0.1, -0.05) is 26.0 Å². The van der Waals surface area contributed by atoms with E-state index >= 15 is 0 Å². The minimum atomic E-state index is -0.789. The number of rotatable bonds is 10. The second kappa shape index (κ2) is 9.54. The van der Waals surface area contributed by atoms with Gasteiger partial charge in [0.05, 0.1) is 25.9 Å². The summed E-state index contributed by atoms with van der Waals surface area (Å²) in [7, 11) is 0. The molecule has 26 heavy (non-hydrogen) atoms. The molecule has 0 unspecified atom stereocenters. The molecule has 1 aromatic carbocycles. The van der Waals surface area contributed by atoms with Gasteiger partial charge in [-0.3, -0.25) is 4.79 Å².